The van der Waals surface area contributed by atoms with Crippen molar-refractivity contribution in [1.82, 2.24) is 0 Å². The van der Waals surface area contributed by atoms with Gasteiger partial charge in [0.15, 0.2) is 0 Å². The molecule has 0 fully saturated rings. The molecule has 0 amide bonds. The van der Waals surface area contributed by atoms with Crippen molar-refractivity contribution >= 4 is 12.0 Å². The van der Waals surface area contributed by atoms with Gasteiger partial charge in [-0.3, -0.25) is 0 Å². The molecule has 0 saturated heterocycles. The van der Waals surface area contributed by atoms with Crippen LogP contribution in [0, 0.1) is 0 Å². The Kier molecular flexibility index (Phi) is 6.44. The van der Waals surface area contributed by atoms with E-state index in [-0.39, 0.29) is 17.5 Å². The second-order valence-electron chi connectivity index (χ2n) is 7.53. The van der Waals surface area contributed by atoms with Gasteiger partial charge >= 0.3 is 5.97 Å². The first-order valence-electron chi connectivity index (χ1n) is 9.59. The van der Waals surface area contributed by atoms with Crippen molar-refractivity contribution in [2.75, 3.05) is 0 Å². The lowest BCUT2D eigenvalue weighted by atomic mass is 9.79. The molecule has 2 nitrogen and oxygen atoms in total. The lowest BCUT2D eigenvalue weighted by Crippen LogP contribution is -2.27. The van der Waals surface area contributed by atoms with Gasteiger partial charge in [-0.1, -0.05) is 98.8 Å². The first kappa shape index (κ1) is 19.6. The van der Waals surface area contributed by atoms with Gasteiger partial charge in [0.1, 0.15) is 6.10 Å². The molecule has 0 bridgehead atoms. The monoisotopic (exact) mass is 370 g/mol. The third-order valence-corrected chi connectivity index (χ3v) is 4.84. The standard InChI is InChI=1S/C26H26O2/c1-26(2,23-16-10-5-11-17-23)20-24(19-18-21-12-6-3-7-13-21)28-25(27)22-14-8-4-9-15-22/h3-19,24H,20H2,1-2H3/b19-18+/t24-/m0/s1. The SMILES string of the molecule is CC(C)(C[C@H](/C=C/c1ccccc1)OC(=O)c1ccccc1)c1ccccc1. The minimum atomic E-state index is -0.330. The zero-order valence-electron chi connectivity index (χ0n) is 16.4. The van der Waals surface area contributed by atoms with Gasteiger partial charge in [-0.2, -0.15) is 0 Å². The van der Waals surface area contributed by atoms with Gasteiger partial charge in [-0.05, 0) is 41.2 Å². The zero-order valence-corrected chi connectivity index (χ0v) is 16.4. The molecule has 0 radical (unpaired) electrons. The Morgan fingerprint density at radius 1 is 0.857 bits per heavy atom. The Morgan fingerprint density at radius 2 is 1.39 bits per heavy atom. The quantitative estimate of drug-likeness (QED) is 0.457. The maximum absolute atomic E-state index is 12.6. The fourth-order valence-corrected chi connectivity index (χ4v) is 3.22. The van der Waals surface area contributed by atoms with Gasteiger partial charge in [0.2, 0.25) is 0 Å². The summed E-state index contributed by atoms with van der Waals surface area (Å²) in [4.78, 5) is 12.6. The summed E-state index contributed by atoms with van der Waals surface area (Å²) in [5, 5.41) is 0. The van der Waals surface area contributed by atoms with Crippen molar-refractivity contribution < 1.29 is 9.53 Å². The van der Waals surface area contributed by atoms with E-state index in [2.05, 4.69) is 26.0 Å². The van der Waals surface area contributed by atoms with Crippen LogP contribution in [0.15, 0.2) is 97.1 Å². The molecule has 3 aromatic rings. The van der Waals surface area contributed by atoms with Gasteiger partial charge in [0.25, 0.3) is 0 Å². The number of carbonyl (C=O) groups is 1. The van der Waals surface area contributed by atoms with E-state index in [4.69, 9.17) is 4.74 Å². The van der Waals surface area contributed by atoms with Gasteiger partial charge in [-0.15, -0.1) is 0 Å². The Hall–Kier alpha value is -3.13. The minimum Gasteiger partial charge on any atom is -0.454 e. The topological polar surface area (TPSA) is 26.3 Å². The van der Waals surface area contributed by atoms with E-state index in [1.165, 1.54) is 5.56 Å². The van der Waals surface area contributed by atoms with Crippen LogP contribution in [0.5, 0.6) is 0 Å². The van der Waals surface area contributed by atoms with Crippen LogP contribution in [-0.4, -0.2) is 12.1 Å². The molecular formula is C26H26O2. The Balaban J connectivity index is 1.81. The summed E-state index contributed by atoms with van der Waals surface area (Å²) in [7, 11) is 0. The fraction of sp³-hybridized carbons (Fsp3) is 0.192. The van der Waals surface area contributed by atoms with Gasteiger partial charge < -0.3 is 4.74 Å². The Morgan fingerprint density at radius 3 is 2.00 bits per heavy atom. The van der Waals surface area contributed by atoms with E-state index in [9.17, 15) is 4.79 Å². The van der Waals surface area contributed by atoms with Crippen LogP contribution < -0.4 is 0 Å². The molecule has 0 unspecified atom stereocenters. The van der Waals surface area contributed by atoms with Crippen molar-refractivity contribution in [1.29, 1.82) is 0 Å². The molecule has 0 aromatic heterocycles. The van der Waals surface area contributed by atoms with Gasteiger partial charge in [0, 0.05) is 0 Å². The highest BCUT2D eigenvalue weighted by Crippen LogP contribution is 2.30. The van der Waals surface area contributed by atoms with Crippen LogP contribution in [0.4, 0.5) is 0 Å². The zero-order chi connectivity index (χ0) is 19.8. The molecule has 3 aromatic carbocycles. The summed E-state index contributed by atoms with van der Waals surface area (Å²) in [6, 6.07) is 29.6. The molecule has 0 saturated carbocycles. The van der Waals surface area contributed by atoms with Crippen molar-refractivity contribution in [3.8, 4) is 0 Å². The predicted octanol–water partition coefficient (Wildman–Crippen LogP) is 6.29. The minimum absolute atomic E-state index is 0.135. The van der Waals surface area contributed by atoms with Crippen LogP contribution in [-0.2, 0) is 10.2 Å². The van der Waals surface area contributed by atoms with Crippen LogP contribution in [0.25, 0.3) is 6.08 Å². The van der Waals surface area contributed by atoms with E-state index in [0.29, 0.717) is 12.0 Å². The highest BCUT2D eigenvalue weighted by atomic mass is 16.5. The van der Waals surface area contributed by atoms with Crippen LogP contribution in [0.3, 0.4) is 0 Å². The number of rotatable bonds is 7. The van der Waals surface area contributed by atoms with Crippen LogP contribution in [0.2, 0.25) is 0 Å². The van der Waals surface area contributed by atoms with Crippen molar-refractivity contribution in [2.45, 2.75) is 31.8 Å². The van der Waals surface area contributed by atoms with E-state index < -0.39 is 0 Å². The summed E-state index contributed by atoms with van der Waals surface area (Å²) in [6.07, 6.45) is 4.37. The highest BCUT2D eigenvalue weighted by Gasteiger charge is 2.26. The summed E-state index contributed by atoms with van der Waals surface area (Å²) in [5.74, 6) is -0.299. The lowest BCUT2D eigenvalue weighted by Gasteiger charge is -2.29. The predicted molar refractivity (Wildman–Crippen MR) is 115 cm³/mol. The molecule has 3 rings (SSSR count). The number of ether oxygens (including phenoxy) is 1. The molecule has 2 heteroatoms. The number of esters is 1. The molecular weight excluding hydrogens is 344 g/mol. The van der Waals surface area contributed by atoms with Gasteiger partial charge in [-0.25, -0.2) is 4.79 Å². The first-order chi connectivity index (χ1) is 13.5. The maximum Gasteiger partial charge on any atom is 0.338 e. The van der Waals surface area contributed by atoms with Gasteiger partial charge in [0.05, 0.1) is 5.56 Å². The molecule has 0 aliphatic carbocycles. The van der Waals surface area contributed by atoms with E-state index in [1.54, 1.807) is 12.1 Å². The second-order valence-corrected chi connectivity index (χ2v) is 7.53. The summed E-state index contributed by atoms with van der Waals surface area (Å²) >= 11 is 0. The Labute approximate surface area is 167 Å². The average molecular weight is 370 g/mol. The van der Waals surface area contributed by atoms with Crippen molar-refractivity contribution in [3.63, 3.8) is 0 Å². The molecule has 0 aliphatic heterocycles. The number of hydrogen-bond acceptors (Lipinski definition) is 2. The maximum atomic E-state index is 12.6. The molecule has 28 heavy (non-hydrogen) atoms. The average Bonchev–Trinajstić information content (AvgIpc) is 2.74. The molecule has 142 valence electrons. The largest absolute Gasteiger partial charge is 0.454 e. The Bertz CT molecular complexity index is 897. The smallest absolute Gasteiger partial charge is 0.338 e. The fourth-order valence-electron chi connectivity index (χ4n) is 3.22. The third kappa shape index (κ3) is 5.43. The summed E-state index contributed by atoms with van der Waals surface area (Å²) in [5.41, 5.74) is 2.74. The van der Waals surface area contributed by atoms with E-state index in [1.807, 2.05) is 78.9 Å². The lowest BCUT2D eigenvalue weighted by molar-refractivity contribution is 0.0347. The molecule has 0 aliphatic rings. The molecule has 0 heterocycles. The summed E-state index contributed by atoms with van der Waals surface area (Å²) < 4.78 is 5.89. The molecule has 0 N–H and O–H groups in total. The van der Waals surface area contributed by atoms with E-state index >= 15 is 0 Å². The first-order valence-corrected chi connectivity index (χ1v) is 9.59. The van der Waals surface area contributed by atoms with Crippen molar-refractivity contribution in [2.24, 2.45) is 0 Å². The number of hydrogen-bond donors (Lipinski definition) is 0. The molecule has 1 atom stereocenters. The number of benzene rings is 3. The van der Waals surface area contributed by atoms with Crippen molar-refractivity contribution in [3.05, 3.63) is 114 Å². The summed E-state index contributed by atoms with van der Waals surface area (Å²) in [6.45, 7) is 4.37. The van der Waals surface area contributed by atoms with Crippen LogP contribution in [0.1, 0.15) is 41.8 Å². The van der Waals surface area contributed by atoms with E-state index in [0.717, 1.165) is 5.56 Å². The van der Waals surface area contributed by atoms with Crippen LogP contribution >= 0.6 is 0 Å². The normalized spacial score (nSPS) is 12.6. The second kappa shape index (κ2) is 9.18. The molecule has 0 spiro atoms. The number of carbonyl (C=O) groups excluding carboxylic acids is 1. The third-order valence-electron chi connectivity index (χ3n) is 4.84. The highest BCUT2D eigenvalue weighted by molar-refractivity contribution is 5.89.